The van der Waals surface area contributed by atoms with Gasteiger partial charge >= 0.3 is 0 Å². The molecule has 0 bridgehead atoms. The molecule has 154 valence electrons. The predicted octanol–water partition coefficient (Wildman–Crippen LogP) is 2.25. The van der Waals surface area contributed by atoms with Gasteiger partial charge in [0.15, 0.2) is 0 Å². The monoisotopic (exact) mass is 414 g/mol. The molecule has 0 unspecified atom stereocenters. The molecule has 2 aromatic carbocycles. The number of benzene rings is 2. The second-order valence-corrected chi connectivity index (χ2v) is 6.87. The fourth-order valence-electron chi connectivity index (χ4n) is 3.26. The van der Waals surface area contributed by atoms with E-state index in [1.165, 1.54) is 6.20 Å². The summed E-state index contributed by atoms with van der Waals surface area (Å²) in [5.41, 5.74) is 2.22. The van der Waals surface area contributed by atoms with Gasteiger partial charge in [-0.05, 0) is 35.9 Å². The topological polar surface area (TPSA) is 108 Å². The summed E-state index contributed by atoms with van der Waals surface area (Å²) in [4.78, 5) is 54.5. The average Bonchev–Trinajstić information content (AvgIpc) is 3.04. The van der Waals surface area contributed by atoms with Gasteiger partial charge in [-0.25, -0.2) is 0 Å². The van der Waals surface area contributed by atoms with E-state index in [4.69, 9.17) is 0 Å². The quantitative estimate of drug-likeness (QED) is 0.602. The van der Waals surface area contributed by atoms with E-state index in [0.29, 0.717) is 27.9 Å². The number of imide groups is 1. The van der Waals surface area contributed by atoms with Crippen LogP contribution in [0.2, 0.25) is 0 Å². The Morgan fingerprint density at radius 2 is 1.55 bits per heavy atom. The minimum atomic E-state index is -0.486. The molecule has 4 rings (SSSR count). The molecule has 0 radical (unpaired) electrons. The zero-order chi connectivity index (χ0) is 21.8. The van der Waals surface area contributed by atoms with Gasteiger partial charge in [-0.2, -0.15) is 0 Å². The highest BCUT2D eigenvalue weighted by atomic mass is 16.2. The number of hydrogen-bond acceptors (Lipinski definition) is 5. The Morgan fingerprint density at radius 3 is 2.23 bits per heavy atom. The number of carbonyl (C=O) groups is 4. The largest absolute Gasteiger partial charge is 0.350 e. The number of fused-ring (bicyclic) bond motifs is 1. The van der Waals surface area contributed by atoms with Crippen molar-refractivity contribution in [2.45, 2.75) is 6.54 Å². The Bertz CT molecular complexity index is 1140. The molecule has 0 saturated heterocycles. The summed E-state index contributed by atoms with van der Waals surface area (Å²) < 4.78 is 0. The van der Waals surface area contributed by atoms with E-state index in [1.54, 1.807) is 66.9 Å². The number of rotatable bonds is 6. The predicted molar refractivity (Wildman–Crippen MR) is 112 cm³/mol. The molecule has 1 aromatic heterocycles. The molecule has 31 heavy (non-hydrogen) atoms. The zero-order valence-corrected chi connectivity index (χ0v) is 16.4. The first kappa shape index (κ1) is 20.0. The highest BCUT2D eigenvalue weighted by Gasteiger charge is 2.36. The summed E-state index contributed by atoms with van der Waals surface area (Å²) >= 11 is 0. The third-order valence-corrected chi connectivity index (χ3v) is 4.85. The second kappa shape index (κ2) is 8.58. The molecule has 2 N–H and O–H groups in total. The molecule has 0 atom stereocenters. The molecule has 0 saturated carbocycles. The Labute approximate surface area is 177 Å². The number of carbonyl (C=O) groups excluding carboxylic acids is 4. The SMILES string of the molecule is O=C(CN1C(=O)c2ccccc2C1=O)NCc1ccccc1NC(=O)c1cccnc1. The molecular weight excluding hydrogens is 396 g/mol. The molecule has 1 aliphatic rings. The molecule has 3 aromatic rings. The molecule has 0 spiro atoms. The molecular formula is C23H18N4O4. The summed E-state index contributed by atoms with van der Waals surface area (Å²) in [6, 6.07) is 16.8. The lowest BCUT2D eigenvalue weighted by atomic mass is 10.1. The lowest BCUT2D eigenvalue weighted by molar-refractivity contribution is -0.121. The number of anilines is 1. The van der Waals surface area contributed by atoms with E-state index in [2.05, 4.69) is 15.6 Å². The van der Waals surface area contributed by atoms with Crippen LogP contribution in [0.4, 0.5) is 5.69 Å². The number of nitrogens with one attached hydrogen (secondary N) is 2. The zero-order valence-electron chi connectivity index (χ0n) is 16.4. The van der Waals surface area contributed by atoms with Crippen molar-refractivity contribution in [3.63, 3.8) is 0 Å². The first-order valence-electron chi connectivity index (χ1n) is 9.56. The van der Waals surface area contributed by atoms with Gasteiger partial charge in [0.05, 0.1) is 16.7 Å². The van der Waals surface area contributed by atoms with Gasteiger partial charge in [0, 0.05) is 24.6 Å². The Hall–Kier alpha value is -4.33. The molecule has 0 aliphatic carbocycles. The Kier molecular flexibility index (Phi) is 5.53. The van der Waals surface area contributed by atoms with Crippen molar-refractivity contribution in [2.75, 3.05) is 11.9 Å². The van der Waals surface area contributed by atoms with Crippen molar-refractivity contribution < 1.29 is 19.2 Å². The van der Waals surface area contributed by atoms with Gasteiger partial charge < -0.3 is 10.6 Å². The van der Waals surface area contributed by atoms with Gasteiger partial charge in [-0.15, -0.1) is 0 Å². The minimum absolute atomic E-state index is 0.117. The van der Waals surface area contributed by atoms with E-state index >= 15 is 0 Å². The van der Waals surface area contributed by atoms with Crippen molar-refractivity contribution in [3.05, 3.63) is 95.3 Å². The maximum atomic E-state index is 12.4. The van der Waals surface area contributed by atoms with Gasteiger partial charge in [0.2, 0.25) is 5.91 Å². The van der Waals surface area contributed by atoms with Crippen LogP contribution >= 0.6 is 0 Å². The summed E-state index contributed by atoms with van der Waals surface area (Å²) in [6.07, 6.45) is 3.04. The number of nitrogens with zero attached hydrogens (tertiary/aromatic N) is 2. The number of pyridine rings is 1. The lowest BCUT2D eigenvalue weighted by Crippen LogP contribution is -2.40. The minimum Gasteiger partial charge on any atom is -0.350 e. The number of aromatic nitrogens is 1. The summed E-state index contributed by atoms with van der Waals surface area (Å²) in [5.74, 6) is -1.78. The van der Waals surface area contributed by atoms with Crippen molar-refractivity contribution in [1.29, 1.82) is 0 Å². The van der Waals surface area contributed by atoms with E-state index in [9.17, 15) is 19.2 Å². The third-order valence-electron chi connectivity index (χ3n) is 4.85. The summed E-state index contributed by atoms with van der Waals surface area (Å²) in [6.45, 7) is -0.262. The highest BCUT2D eigenvalue weighted by Crippen LogP contribution is 2.22. The van der Waals surface area contributed by atoms with Crippen LogP contribution in [0.25, 0.3) is 0 Å². The van der Waals surface area contributed by atoms with Crippen molar-refractivity contribution in [3.8, 4) is 0 Å². The molecule has 8 heteroatoms. The number of para-hydroxylation sites is 1. The fraction of sp³-hybridized carbons (Fsp3) is 0.0870. The van der Waals surface area contributed by atoms with Crippen LogP contribution in [0.3, 0.4) is 0 Å². The van der Waals surface area contributed by atoms with Crippen LogP contribution in [0.5, 0.6) is 0 Å². The van der Waals surface area contributed by atoms with Crippen LogP contribution in [0, 0.1) is 0 Å². The second-order valence-electron chi connectivity index (χ2n) is 6.87. The summed E-state index contributed by atoms with van der Waals surface area (Å²) in [5, 5.41) is 5.50. The molecule has 4 amide bonds. The Morgan fingerprint density at radius 1 is 0.871 bits per heavy atom. The van der Waals surface area contributed by atoms with E-state index in [0.717, 1.165) is 4.90 Å². The molecule has 8 nitrogen and oxygen atoms in total. The van der Waals surface area contributed by atoms with Gasteiger partial charge in [0.1, 0.15) is 6.54 Å². The average molecular weight is 414 g/mol. The van der Waals surface area contributed by atoms with E-state index < -0.39 is 17.7 Å². The van der Waals surface area contributed by atoms with Gasteiger partial charge in [0.25, 0.3) is 17.7 Å². The van der Waals surface area contributed by atoms with Crippen LogP contribution in [0.1, 0.15) is 36.6 Å². The highest BCUT2D eigenvalue weighted by molar-refractivity contribution is 6.22. The maximum absolute atomic E-state index is 12.4. The summed E-state index contributed by atoms with van der Waals surface area (Å²) in [7, 11) is 0. The van der Waals surface area contributed by atoms with Gasteiger partial charge in [-0.3, -0.25) is 29.1 Å². The first-order valence-corrected chi connectivity index (χ1v) is 9.56. The number of amides is 4. The first-order chi connectivity index (χ1) is 15.0. The van der Waals surface area contributed by atoms with E-state index in [1.807, 2.05) is 0 Å². The Balaban J connectivity index is 1.39. The lowest BCUT2D eigenvalue weighted by Gasteiger charge is -2.15. The standard InChI is InChI=1S/C23H18N4O4/c28-20(14-27-22(30)17-8-2-3-9-18(17)23(27)31)25-13-15-6-1-4-10-19(15)26-21(29)16-7-5-11-24-12-16/h1-12H,13-14H2,(H,25,28)(H,26,29). The van der Waals surface area contributed by atoms with Crippen LogP contribution in [-0.4, -0.2) is 40.1 Å². The van der Waals surface area contributed by atoms with E-state index in [-0.39, 0.29) is 19.0 Å². The molecule has 2 heterocycles. The fourth-order valence-corrected chi connectivity index (χ4v) is 3.26. The number of hydrogen-bond donors (Lipinski definition) is 2. The third kappa shape index (κ3) is 4.18. The van der Waals surface area contributed by atoms with Crippen molar-refractivity contribution >= 4 is 29.3 Å². The maximum Gasteiger partial charge on any atom is 0.262 e. The van der Waals surface area contributed by atoms with Crippen molar-refractivity contribution in [2.24, 2.45) is 0 Å². The van der Waals surface area contributed by atoms with Crippen LogP contribution < -0.4 is 10.6 Å². The van der Waals surface area contributed by atoms with Gasteiger partial charge in [-0.1, -0.05) is 30.3 Å². The van der Waals surface area contributed by atoms with Crippen molar-refractivity contribution in [1.82, 2.24) is 15.2 Å². The molecule has 1 aliphatic heterocycles. The van der Waals surface area contributed by atoms with Crippen LogP contribution in [-0.2, 0) is 11.3 Å². The smallest absolute Gasteiger partial charge is 0.262 e. The van der Waals surface area contributed by atoms with Crippen LogP contribution in [0.15, 0.2) is 73.1 Å². The molecule has 0 fully saturated rings. The normalized spacial score (nSPS) is 12.5.